The lowest BCUT2D eigenvalue weighted by atomic mass is 9.98. The van der Waals surface area contributed by atoms with Gasteiger partial charge in [0, 0.05) is 25.2 Å². The summed E-state index contributed by atoms with van der Waals surface area (Å²) < 4.78 is 18.5. The molecule has 2 saturated heterocycles. The molecule has 4 nitrogen and oxygen atoms in total. The Kier molecular flexibility index (Phi) is 6.72. The molecule has 1 amide bonds. The standard InChI is InChI=1S/C17H22ClFN2O2.ClH/c1-21(14-9-12-3-4-13(10-14)20-12)17(22)6-7-23-16-5-2-11(19)8-15(16)18;/h2,5,8,12-14,20H,3-4,6-7,9-10H2,1H3;1H. The van der Waals surface area contributed by atoms with Crippen molar-refractivity contribution in [1.82, 2.24) is 10.2 Å². The van der Waals surface area contributed by atoms with Crippen LogP contribution in [-0.4, -0.2) is 42.6 Å². The molecule has 24 heavy (non-hydrogen) atoms. The highest BCUT2D eigenvalue weighted by molar-refractivity contribution is 6.32. The molecule has 7 heteroatoms. The van der Waals surface area contributed by atoms with Gasteiger partial charge in [-0.1, -0.05) is 11.6 Å². The number of amides is 1. The molecule has 0 spiro atoms. The van der Waals surface area contributed by atoms with Gasteiger partial charge in [0.15, 0.2) is 0 Å². The van der Waals surface area contributed by atoms with Crippen LogP contribution < -0.4 is 10.1 Å². The van der Waals surface area contributed by atoms with Gasteiger partial charge in [0.1, 0.15) is 11.6 Å². The minimum atomic E-state index is -0.404. The Labute approximate surface area is 153 Å². The zero-order chi connectivity index (χ0) is 16.4. The lowest BCUT2D eigenvalue weighted by molar-refractivity contribution is -0.133. The molecule has 1 aromatic carbocycles. The fourth-order valence-corrected chi connectivity index (χ4v) is 3.79. The third-order valence-electron chi connectivity index (χ3n) is 4.86. The summed E-state index contributed by atoms with van der Waals surface area (Å²) >= 11 is 5.90. The van der Waals surface area contributed by atoms with E-state index in [0.717, 1.165) is 12.8 Å². The zero-order valence-corrected chi connectivity index (χ0v) is 15.2. The molecule has 0 saturated carbocycles. The highest BCUT2D eigenvalue weighted by Crippen LogP contribution is 2.29. The predicted molar refractivity (Wildman–Crippen MR) is 94.5 cm³/mol. The molecule has 0 radical (unpaired) electrons. The largest absolute Gasteiger partial charge is 0.491 e. The summed E-state index contributed by atoms with van der Waals surface area (Å²) in [5.41, 5.74) is 0. The Morgan fingerprint density at radius 1 is 1.38 bits per heavy atom. The number of hydrogen-bond acceptors (Lipinski definition) is 3. The molecule has 2 fully saturated rings. The molecule has 2 aliphatic rings. The molecule has 2 aliphatic heterocycles. The van der Waals surface area contributed by atoms with Crippen LogP contribution in [0.4, 0.5) is 4.39 Å². The number of fused-ring (bicyclic) bond motifs is 2. The average Bonchev–Trinajstić information content (AvgIpc) is 2.86. The van der Waals surface area contributed by atoms with Crippen molar-refractivity contribution in [3.63, 3.8) is 0 Å². The number of benzene rings is 1. The number of nitrogens with one attached hydrogen (secondary N) is 1. The van der Waals surface area contributed by atoms with Gasteiger partial charge in [0.25, 0.3) is 0 Å². The van der Waals surface area contributed by atoms with Crippen molar-refractivity contribution in [3.05, 3.63) is 29.0 Å². The molecule has 0 aromatic heterocycles. The second-order valence-electron chi connectivity index (χ2n) is 6.44. The van der Waals surface area contributed by atoms with Crippen LogP contribution in [0.25, 0.3) is 0 Å². The number of ether oxygens (including phenoxy) is 1. The Bertz CT molecular complexity index is 576. The van der Waals surface area contributed by atoms with Crippen LogP contribution in [0, 0.1) is 5.82 Å². The maximum absolute atomic E-state index is 13.0. The van der Waals surface area contributed by atoms with Crippen LogP contribution in [-0.2, 0) is 4.79 Å². The quantitative estimate of drug-likeness (QED) is 0.855. The van der Waals surface area contributed by atoms with E-state index < -0.39 is 5.82 Å². The van der Waals surface area contributed by atoms with Crippen molar-refractivity contribution in [3.8, 4) is 5.75 Å². The van der Waals surface area contributed by atoms with Gasteiger partial charge in [-0.2, -0.15) is 0 Å². The number of carbonyl (C=O) groups is 1. The number of nitrogens with zero attached hydrogens (tertiary/aromatic N) is 1. The van der Waals surface area contributed by atoms with Gasteiger partial charge >= 0.3 is 0 Å². The van der Waals surface area contributed by atoms with E-state index in [0.29, 0.717) is 30.3 Å². The summed E-state index contributed by atoms with van der Waals surface area (Å²) in [5.74, 6) is 0.0802. The van der Waals surface area contributed by atoms with Gasteiger partial charge < -0.3 is 15.0 Å². The molecule has 2 unspecified atom stereocenters. The second kappa shape index (κ2) is 8.37. The average molecular weight is 377 g/mol. The predicted octanol–water partition coefficient (Wildman–Crippen LogP) is 3.41. The van der Waals surface area contributed by atoms with E-state index in [-0.39, 0.29) is 29.9 Å². The second-order valence-corrected chi connectivity index (χ2v) is 6.85. The van der Waals surface area contributed by atoms with E-state index in [1.807, 2.05) is 11.9 Å². The number of piperidine rings is 1. The zero-order valence-electron chi connectivity index (χ0n) is 13.6. The van der Waals surface area contributed by atoms with E-state index in [1.165, 1.54) is 31.0 Å². The SMILES string of the molecule is CN(C(=O)CCOc1ccc(F)cc1Cl)C1CC2CCC(C1)N2.Cl. The third kappa shape index (κ3) is 4.52. The maximum atomic E-state index is 13.0. The smallest absolute Gasteiger partial charge is 0.225 e. The first-order valence-corrected chi connectivity index (χ1v) is 8.50. The minimum Gasteiger partial charge on any atom is -0.491 e. The molecular formula is C17H23Cl2FN2O2. The fourth-order valence-electron chi connectivity index (χ4n) is 3.56. The molecule has 2 heterocycles. The normalized spacial score (nSPS) is 25.0. The van der Waals surface area contributed by atoms with E-state index in [2.05, 4.69) is 5.32 Å². The topological polar surface area (TPSA) is 41.6 Å². The van der Waals surface area contributed by atoms with Crippen LogP contribution in [0.2, 0.25) is 5.02 Å². The van der Waals surface area contributed by atoms with E-state index in [1.54, 1.807) is 0 Å². The summed E-state index contributed by atoms with van der Waals surface area (Å²) in [5, 5.41) is 3.80. The van der Waals surface area contributed by atoms with Gasteiger partial charge in [-0.3, -0.25) is 4.79 Å². The van der Waals surface area contributed by atoms with Crippen LogP contribution >= 0.6 is 24.0 Å². The Hall–Kier alpha value is -1.04. The highest BCUT2D eigenvalue weighted by atomic mass is 35.5. The highest BCUT2D eigenvalue weighted by Gasteiger charge is 2.36. The van der Waals surface area contributed by atoms with Crippen LogP contribution in [0.5, 0.6) is 5.75 Å². The summed E-state index contributed by atoms with van der Waals surface area (Å²) in [6, 6.07) is 5.41. The number of halogens is 3. The number of hydrogen-bond donors (Lipinski definition) is 1. The molecule has 134 valence electrons. The summed E-state index contributed by atoms with van der Waals surface area (Å²) in [4.78, 5) is 14.2. The van der Waals surface area contributed by atoms with Gasteiger partial charge in [-0.05, 0) is 43.9 Å². The van der Waals surface area contributed by atoms with Gasteiger partial charge in [-0.25, -0.2) is 4.39 Å². The minimum absolute atomic E-state index is 0. The van der Waals surface area contributed by atoms with Crippen molar-refractivity contribution in [2.75, 3.05) is 13.7 Å². The van der Waals surface area contributed by atoms with E-state index >= 15 is 0 Å². The van der Waals surface area contributed by atoms with Gasteiger partial charge in [-0.15, -0.1) is 12.4 Å². The molecule has 1 N–H and O–H groups in total. The van der Waals surface area contributed by atoms with Crippen molar-refractivity contribution in [2.24, 2.45) is 0 Å². The fraction of sp³-hybridized carbons (Fsp3) is 0.588. The number of rotatable bonds is 5. The monoisotopic (exact) mass is 376 g/mol. The van der Waals surface area contributed by atoms with Crippen LogP contribution in [0.3, 0.4) is 0 Å². The van der Waals surface area contributed by atoms with Gasteiger partial charge in [0.2, 0.25) is 5.91 Å². The molecule has 0 aliphatic carbocycles. The van der Waals surface area contributed by atoms with Crippen molar-refractivity contribution >= 4 is 29.9 Å². The van der Waals surface area contributed by atoms with Crippen molar-refractivity contribution < 1.29 is 13.9 Å². The maximum Gasteiger partial charge on any atom is 0.225 e. The Morgan fingerprint density at radius 2 is 2.04 bits per heavy atom. The van der Waals surface area contributed by atoms with Crippen molar-refractivity contribution in [1.29, 1.82) is 0 Å². The van der Waals surface area contributed by atoms with Crippen molar-refractivity contribution in [2.45, 2.75) is 50.2 Å². The van der Waals surface area contributed by atoms with E-state index in [4.69, 9.17) is 16.3 Å². The third-order valence-corrected chi connectivity index (χ3v) is 5.15. The Balaban J connectivity index is 0.00000208. The number of carbonyl (C=O) groups excluding carboxylic acids is 1. The molecule has 2 bridgehead atoms. The summed E-state index contributed by atoms with van der Waals surface area (Å²) in [6.07, 6.45) is 4.79. The van der Waals surface area contributed by atoms with Crippen LogP contribution in [0.15, 0.2) is 18.2 Å². The molecular weight excluding hydrogens is 354 g/mol. The molecule has 1 aromatic rings. The molecule has 3 rings (SSSR count). The first-order chi connectivity index (χ1) is 11.0. The lowest BCUT2D eigenvalue weighted by Crippen LogP contribution is -2.48. The van der Waals surface area contributed by atoms with Crippen LogP contribution in [0.1, 0.15) is 32.1 Å². The first kappa shape index (κ1) is 19.3. The van der Waals surface area contributed by atoms with E-state index in [9.17, 15) is 9.18 Å². The first-order valence-electron chi connectivity index (χ1n) is 8.12. The van der Waals surface area contributed by atoms with Gasteiger partial charge in [0.05, 0.1) is 18.1 Å². The summed E-state index contributed by atoms with van der Waals surface area (Å²) in [7, 11) is 1.88. The Morgan fingerprint density at radius 3 is 2.67 bits per heavy atom. The molecule has 2 atom stereocenters. The lowest BCUT2D eigenvalue weighted by Gasteiger charge is -2.35. The summed E-state index contributed by atoms with van der Waals surface area (Å²) in [6.45, 7) is 0.242.